The van der Waals surface area contributed by atoms with Crippen LogP contribution in [0, 0.1) is 5.82 Å². The number of carbonyl (C=O) groups is 2. The van der Waals surface area contributed by atoms with Crippen LogP contribution in [0.2, 0.25) is 0 Å². The van der Waals surface area contributed by atoms with Crippen LogP contribution in [0.5, 0.6) is 0 Å². The van der Waals surface area contributed by atoms with Crippen LogP contribution in [0.3, 0.4) is 0 Å². The molecule has 2 aliphatic rings. The van der Waals surface area contributed by atoms with E-state index in [0.29, 0.717) is 37.8 Å². The number of nitrogens with two attached hydrogens (primary N) is 1. The Hall–Kier alpha value is -1.95. The SMILES string of the molecule is NC(=O)CC1(O)CCCN(C(=O)C2(c3cccc(F)c3)CCCC2)C1. The molecule has 2 amide bonds. The Morgan fingerprint density at radius 1 is 1.20 bits per heavy atom. The number of hydrogen-bond donors (Lipinski definition) is 2. The molecular weight excluding hydrogens is 323 g/mol. The highest BCUT2D eigenvalue weighted by atomic mass is 19.1. The number of benzene rings is 1. The number of halogens is 1. The summed E-state index contributed by atoms with van der Waals surface area (Å²) in [6.07, 6.45) is 4.12. The number of rotatable bonds is 4. The summed E-state index contributed by atoms with van der Waals surface area (Å²) < 4.78 is 13.7. The van der Waals surface area contributed by atoms with Crippen LogP contribution in [0.25, 0.3) is 0 Å². The maximum Gasteiger partial charge on any atom is 0.233 e. The fourth-order valence-electron chi connectivity index (χ4n) is 4.45. The van der Waals surface area contributed by atoms with Gasteiger partial charge in [-0.15, -0.1) is 0 Å². The molecule has 0 bridgehead atoms. The largest absolute Gasteiger partial charge is 0.388 e. The average Bonchev–Trinajstić information content (AvgIpc) is 3.04. The van der Waals surface area contributed by atoms with Gasteiger partial charge >= 0.3 is 0 Å². The first-order chi connectivity index (χ1) is 11.8. The van der Waals surface area contributed by atoms with Gasteiger partial charge in [0.25, 0.3) is 0 Å². The fourth-order valence-corrected chi connectivity index (χ4v) is 4.45. The third-order valence-corrected chi connectivity index (χ3v) is 5.59. The van der Waals surface area contributed by atoms with Crippen molar-refractivity contribution in [2.24, 2.45) is 5.73 Å². The lowest BCUT2D eigenvalue weighted by Gasteiger charge is -2.42. The zero-order chi connectivity index (χ0) is 18.1. The molecule has 1 aromatic carbocycles. The Bertz CT molecular complexity index is 672. The van der Waals surface area contributed by atoms with Gasteiger partial charge in [-0.25, -0.2) is 4.39 Å². The average molecular weight is 348 g/mol. The van der Waals surface area contributed by atoms with Crippen LogP contribution < -0.4 is 5.73 Å². The Kier molecular flexibility index (Phi) is 4.82. The van der Waals surface area contributed by atoms with Crippen LogP contribution in [0.1, 0.15) is 50.5 Å². The van der Waals surface area contributed by atoms with Gasteiger partial charge in [0.15, 0.2) is 0 Å². The Morgan fingerprint density at radius 2 is 1.92 bits per heavy atom. The lowest BCUT2D eigenvalue weighted by molar-refractivity contribution is -0.147. The number of carbonyl (C=O) groups excluding carboxylic acids is 2. The number of aliphatic hydroxyl groups is 1. The number of β-amino-alcohol motifs (C(OH)–C–C–N with tert-alkyl or cyclic N) is 1. The van der Waals surface area contributed by atoms with Crippen molar-refractivity contribution < 1.29 is 19.1 Å². The highest BCUT2D eigenvalue weighted by Gasteiger charge is 2.47. The van der Waals surface area contributed by atoms with E-state index in [2.05, 4.69) is 0 Å². The van der Waals surface area contributed by atoms with Crippen molar-refractivity contribution in [3.05, 3.63) is 35.6 Å². The molecule has 0 spiro atoms. The topological polar surface area (TPSA) is 83.6 Å². The zero-order valence-electron chi connectivity index (χ0n) is 14.3. The summed E-state index contributed by atoms with van der Waals surface area (Å²) in [5.74, 6) is -0.990. The molecule has 1 unspecified atom stereocenters. The molecule has 1 heterocycles. The molecule has 1 saturated carbocycles. The quantitative estimate of drug-likeness (QED) is 0.871. The Morgan fingerprint density at radius 3 is 2.56 bits per heavy atom. The van der Waals surface area contributed by atoms with Crippen molar-refractivity contribution in [3.8, 4) is 0 Å². The van der Waals surface area contributed by atoms with Crippen molar-refractivity contribution >= 4 is 11.8 Å². The molecular formula is C19H25FN2O3. The second-order valence-corrected chi connectivity index (χ2v) is 7.50. The molecule has 3 N–H and O–H groups in total. The van der Waals surface area contributed by atoms with E-state index in [4.69, 9.17) is 5.73 Å². The number of amides is 2. The first-order valence-electron chi connectivity index (χ1n) is 8.91. The van der Waals surface area contributed by atoms with Crippen LogP contribution >= 0.6 is 0 Å². The smallest absolute Gasteiger partial charge is 0.233 e. The molecule has 3 rings (SSSR count). The summed E-state index contributed by atoms with van der Waals surface area (Å²) in [5.41, 5.74) is 3.96. The van der Waals surface area contributed by atoms with Gasteiger partial charge in [0.2, 0.25) is 11.8 Å². The number of likely N-dealkylation sites (tertiary alicyclic amines) is 1. The van der Waals surface area contributed by atoms with Gasteiger partial charge in [0.05, 0.1) is 17.4 Å². The minimum Gasteiger partial charge on any atom is -0.388 e. The second-order valence-electron chi connectivity index (χ2n) is 7.50. The van der Waals surface area contributed by atoms with Gasteiger partial charge in [-0.3, -0.25) is 9.59 Å². The molecule has 1 saturated heterocycles. The van der Waals surface area contributed by atoms with E-state index in [0.717, 1.165) is 12.8 Å². The molecule has 2 fully saturated rings. The summed E-state index contributed by atoms with van der Waals surface area (Å²) in [6, 6.07) is 6.27. The first kappa shape index (κ1) is 17.9. The van der Waals surface area contributed by atoms with E-state index in [1.165, 1.54) is 12.1 Å². The third-order valence-electron chi connectivity index (χ3n) is 5.59. The summed E-state index contributed by atoms with van der Waals surface area (Å²) in [6.45, 7) is 0.642. The highest BCUT2D eigenvalue weighted by molar-refractivity contribution is 5.89. The Balaban J connectivity index is 1.87. The molecule has 0 aromatic heterocycles. The van der Waals surface area contributed by atoms with Crippen molar-refractivity contribution in [1.29, 1.82) is 0 Å². The highest BCUT2D eigenvalue weighted by Crippen LogP contribution is 2.43. The molecule has 25 heavy (non-hydrogen) atoms. The predicted molar refractivity (Wildman–Crippen MR) is 91.1 cm³/mol. The zero-order valence-corrected chi connectivity index (χ0v) is 14.3. The predicted octanol–water partition coefficient (Wildman–Crippen LogP) is 1.87. The molecule has 1 aliphatic carbocycles. The van der Waals surface area contributed by atoms with Crippen LogP contribution in [0.4, 0.5) is 4.39 Å². The normalized spacial score (nSPS) is 25.8. The van der Waals surface area contributed by atoms with Gasteiger partial charge in [-0.1, -0.05) is 25.0 Å². The van der Waals surface area contributed by atoms with Crippen molar-refractivity contribution in [2.75, 3.05) is 13.1 Å². The maximum atomic E-state index is 13.7. The van der Waals surface area contributed by atoms with Crippen LogP contribution in [0.15, 0.2) is 24.3 Å². The molecule has 6 heteroatoms. The van der Waals surface area contributed by atoms with E-state index in [1.807, 2.05) is 6.07 Å². The summed E-state index contributed by atoms with van der Waals surface area (Å²) in [4.78, 5) is 26.3. The first-order valence-corrected chi connectivity index (χ1v) is 8.91. The fraction of sp³-hybridized carbons (Fsp3) is 0.579. The minimum absolute atomic E-state index is 0.0711. The summed E-state index contributed by atoms with van der Waals surface area (Å²) in [5, 5.41) is 10.6. The van der Waals surface area contributed by atoms with Crippen molar-refractivity contribution in [1.82, 2.24) is 4.90 Å². The van der Waals surface area contributed by atoms with Gasteiger partial charge in [-0.2, -0.15) is 0 Å². The minimum atomic E-state index is -1.26. The molecule has 5 nitrogen and oxygen atoms in total. The Labute approximate surface area is 147 Å². The van der Waals surface area contributed by atoms with Gasteiger partial charge in [0.1, 0.15) is 5.82 Å². The maximum absolute atomic E-state index is 13.7. The standard InChI is InChI=1S/C19H25FN2O3/c20-15-6-3-5-14(11-15)19(8-1-2-9-19)17(24)22-10-4-7-18(25,13-22)12-16(21)23/h3,5-6,11,25H,1-2,4,7-10,12-13H2,(H2,21,23). The lowest BCUT2D eigenvalue weighted by Crippen LogP contribution is -2.56. The van der Waals surface area contributed by atoms with Crippen LogP contribution in [-0.4, -0.2) is 40.5 Å². The van der Waals surface area contributed by atoms with Crippen molar-refractivity contribution in [3.63, 3.8) is 0 Å². The van der Waals surface area contributed by atoms with E-state index >= 15 is 0 Å². The van der Waals surface area contributed by atoms with E-state index in [-0.39, 0.29) is 24.7 Å². The lowest BCUT2D eigenvalue weighted by atomic mass is 9.76. The van der Waals surface area contributed by atoms with Crippen LogP contribution in [-0.2, 0) is 15.0 Å². The summed E-state index contributed by atoms with van der Waals surface area (Å²) in [7, 11) is 0. The number of hydrogen-bond acceptors (Lipinski definition) is 3. The second kappa shape index (κ2) is 6.75. The molecule has 1 aliphatic heterocycles. The summed E-state index contributed by atoms with van der Waals surface area (Å²) >= 11 is 0. The molecule has 1 aromatic rings. The van der Waals surface area contributed by atoms with E-state index in [9.17, 15) is 19.1 Å². The molecule has 1 atom stereocenters. The molecule has 0 radical (unpaired) electrons. The number of primary amides is 1. The van der Waals surface area contributed by atoms with Gasteiger partial charge in [0, 0.05) is 13.1 Å². The third kappa shape index (κ3) is 3.54. The monoisotopic (exact) mass is 348 g/mol. The van der Waals surface area contributed by atoms with Crippen molar-refractivity contribution in [2.45, 2.75) is 56.0 Å². The number of piperidine rings is 1. The van der Waals surface area contributed by atoms with Gasteiger partial charge < -0.3 is 15.7 Å². The molecule has 136 valence electrons. The van der Waals surface area contributed by atoms with E-state index in [1.54, 1.807) is 11.0 Å². The number of nitrogens with zero attached hydrogens (tertiary/aromatic N) is 1. The van der Waals surface area contributed by atoms with Gasteiger partial charge in [-0.05, 0) is 43.4 Å². The van der Waals surface area contributed by atoms with E-state index < -0.39 is 16.9 Å².